The molecule has 0 bridgehead atoms. The average molecular weight is 157 g/mol. The Kier molecular flexibility index (Phi) is 3.34. The summed E-state index contributed by atoms with van der Waals surface area (Å²) in [6, 6.07) is 0.490. The first kappa shape index (κ1) is 9.01. The summed E-state index contributed by atoms with van der Waals surface area (Å²) in [6.07, 6.45) is 3.65. The van der Waals surface area contributed by atoms with Gasteiger partial charge in [0.1, 0.15) is 0 Å². The maximum absolute atomic E-state index is 9.56. The average Bonchev–Trinajstić information content (AvgIpc) is 1.79. The molecule has 1 atom stereocenters. The van der Waals surface area contributed by atoms with Gasteiger partial charge in [-0.25, -0.2) is 0 Å². The molecule has 1 saturated carbocycles. The van der Waals surface area contributed by atoms with E-state index in [0.717, 1.165) is 6.54 Å². The van der Waals surface area contributed by atoms with Gasteiger partial charge in [-0.2, -0.15) is 0 Å². The van der Waals surface area contributed by atoms with Gasteiger partial charge in [-0.3, -0.25) is 0 Å². The van der Waals surface area contributed by atoms with Gasteiger partial charge in [-0.1, -0.05) is 20.3 Å². The summed E-state index contributed by atoms with van der Waals surface area (Å²) in [5.74, 6) is 0.584. The van der Waals surface area contributed by atoms with Crippen molar-refractivity contribution < 1.29 is 5.11 Å². The van der Waals surface area contributed by atoms with Crippen LogP contribution in [0.3, 0.4) is 0 Å². The molecule has 0 spiro atoms. The first-order chi connectivity index (χ1) is 5.20. The van der Waals surface area contributed by atoms with E-state index >= 15 is 0 Å². The minimum atomic E-state index is -0.105. The minimum absolute atomic E-state index is 0.105. The first-order valence-corrected chi connectivity index (χ1v) is 4.61. The van der Waals surface area contributed by atoms with Crippen LogP contribution in [0, 0.1) is 5.92 Å². The predicted molar refractivity (Wildman–Crippen MR) is 46.5 cm³/mol. The van der Waals surface area contributed by atoms with E-state index in [0.29, 0.717) is 12.0 Å². The number of aliphatic hydroxyl groups is 1. The van der Waals surface area contributed by atoms with Crippen molar-refractivity contribution in [1.29, 1.82) is 0 Å². The molecule has 0 aromatic carbocycles. The lowest BCUT2D eigenvalue weighted by Gasteiger charge is -2.30. The van der Waals surface area contributed by atoms with Crippen molar-refractivity contribution in [2.75, 3.05) is 6.54 Å². The summed E-state index contributed by atoms with van der Waals surface area (Å²) < 4.78 is 0. The highest BCUT2D eigenvalue weighted by atomic mass is 16.3. The molecule has 2 nitrogen and oxygen atoms in total. The molecule has 11 heavy (non-hydrogen) atoms. The minimum Gasteiger partial charge on any atom is -0.392 e. The van der Waals surface area contributed by atoms with E-state index in [-0.39, 0.29) is 6.10 Å². The molecule has 0 heterocycles. The molecule has 0 radical (unpaired) electrons. The molecule has 1 fully saturated rings. The second-order valence-corrected chi connectivity index (χ2v) is 3.82. The van der Waals surface area contributed by atoms with Crippen molar-refractivity contribution in [3.63, 3.8) is 0 Å². The van der Waals surface area contributed by atoms with E-state index in [1.54, 1.807) is 0 Å². The van der Waals surface area contributed by atoms with Crippen molar-refractivity contribution in [3.05, 3.63) is 0 Å². The van der Waals surface area contributed by atoms with Gasteiger partial charge in [0.05, 0.1) is 6.10 Å². The van der Waals surface area contributed by atoms with Gasteiger partial charge < -0.3 is 10.4 Å². The van der Waals surface area contributed by atoms with E-state index in [4.69, 9.17) is 0 Å². The Morgan fingerprint density at radius 3 is 2.45 bits per heavy atom. The summed E-state index contributed by atoms with van der Waals surface area (Å²) in [5.41, 5.74) is 0. The van der Waals surface area contributed by atoms with Crippen LogP contribution in [-0.4, -0.2) is 23.8 Å². The van der Waals surface area contributed by atoms with E-state index in [2.05, 4.69) is 19.2 Å². The Labute approximate surface area is 69.0 Å². The van der Waals surface area contributed by atoms with Gasteiger partial charge in [-0.05, 0) is 18.8 Å². The van der Waals surface area contributed by atoms with Gasteiger partial charge in [0, 0.05) is 12.6 Å². The zero-order valence-electron chi connectivity index (χ0n) is 7.51. The number of aliphatic hydroxyl groups excluding tert-OH is 1. The monoisotopic (exact) mass is 157 g/mol. The van der Waals surface area contributed by atoms with Gasteiger partial charge in [0.25, 0.3) is 0 Å². The maximum Gasteiger partial charge on any atom is 0.0692 e. The van der Waals surface area contributed by atoms with Crippen LogP contribution in [0.1, 0.15) is 33.1 Å². The maximum atomic E-state index is 9.56. The highest BCUT2D eigenvalue weighted by molar-refractivity contribution is 4.78. The second-order valence-electron chi connectivity index (χ2n) is 3.82. The Morgan fingerprint density at radius 1 is 1.45 bits per heavy atom. The molecule has 0 aliphatic heterocycles. The van der Waals surface area contributed by atoms with E-state index in [1.165, 1.54) is 19.3 Å². The molecule has 1 rings (SSSR count). The summed E-state index contributed by atoms with van der Waals surface area (Å²) in [5, 5.41) is 12.8. The standard InChI is InChI=1S/C9H19NO/c1-7(2)10-6-9(11)8-4-3-5-8/h7-11H,3-6H2,1-2H3. The Balaban J connectivity index is 2.05. The van der Waals surface area contributed by atoms with Crippen LogP contribution in [0.5, 0.6) is 0 Å². The van der Waals surface area contributed by atoms with Crippen molar-refractivity contribution in [3.8, 4) is 0 Å². The summed E-state index contributed by atoms with van der Waals surface area (Å²) in [4.78, 5) is 0. The molecule has 2 N–H and O–H groups in total. The number of hydrogen-bond donors (Lipinski definition) is 2. The molecule has 1 aliphatic carbocycles. The lowest BCUT2D eigenvalue weighted by atomic mass is 9.81. The zero-order chi connectivity index (χ0) is 8.27. The second kappa shape index (κ2) is 4.07. The Hall–Kier alpha value is -0.0800. The Morgan fingerprint density at radius 2 is 2.09 bits per heavy atom. The number of nitrogens with one attached hydrogen (secondary N) is 1. The molecule has 66 valence electrons. The molecule has 0 saturated heterocycles. The summed E-state index contributed by atoms with van der Waals surface area (Å²) in [6.45, 7) is 4.98. The number of hydrogen-bond acceptors (Lipinski definition) is 2. The molecule has 0 aromatic heterocycles. The van der Waals surface area contributed by atoms with Crippen molar-refractivity contribution in [2.24, 2.45) is 5.92 Å². The van der Waals surface area contributed by atoms with Crippen LogP contribution in [0.15, 0.2) is 0 Å². The van der Waals surface area contributed by atoms with Crippen LogP contribution in [-0.2, 0) is 0 Å². The molecule has 1 aliphatic rings. The number of rotatable bonds is 4. The fourth-order valence-corrected chi connectivity index (χ4v) is 1.35. The quantitative estimate of drug-likeness (QED) is 0.641. The van der Waals surface area contributed by atoms with Crippen LogP contribution in [0.2, 0.25) is 0 Å². The SMILES string of the molecule is CC(C)NCC(O)C1CCC1. The van der Waals surface area contributed by atoms with Gasteiger partial charge >= 0.3 is 0 Å². The third-order valence-corrected chi connectivity index (χ3v) is 2.43. The van der Waals surface area contributed by atoms with Crippen molar-refractivity contribution in [2.45, 2.75) is 45.3 Å². The molecular formula is C9H19NO. The fourth-order valence-electron chi connectivity index (χ4n) is 1.35. The molecule has 0 amide bonds. The van der Waals surface area contributed by atoms with Crippen LogP contribution in [0.4, 0.5) is 0 Å². The van der Waals surface area contributed by atoms with Gasteiger partial charge in [-0.15, -0.1) is 0 Å². The van der Waals surface area contributed by atoms with Crippen LogP contribution < -0.4 is 5.32 Å². The third kappa shape index (κ3) is 2.80. The first-order valence-electron chi connectivity index (χ1n) is 4.61. The molecule has 0 aromatic rings. The lowest BCUT2D eigenvalue weighted by Crippen LogP contribution is -2.38. The van der Waals surface area contributed by atoms with E-state index in [1.807, 2.05) is 0 Å². The summed E-state index contributed by atoms with van der Waals surface area (Å²) >= 11 is 0. The van der Waals surface area contributed by atoms with Gasteiger partial charge in [0.15, 0.2) is 0 Å². The summed E-state index contributed by atoms with van der Waals surface area (Å²) in [7, 11) is 0. The van der Waals surface area contributed by atoms with E-state index in [9.17, 15) is 5.11 Å². The predicted octanol–water partition coefficient (Wildman–Crippen LogP) is 1.15. The highest BCUT2D eigenvalue weighted by Gasteiger charge is 2.24. The van der Waals surface area contributed by atoms with Crippen molar-refractivity contribution in [1.82, 2.24) is 5.32 Å². The normalized spacial score (nSPS) is 21.8. The zero-order valence-corrected chi connectivity index (χ0v) is 7.51. The highest BCUT2D eigenvalue weighted by Crippen LogP contribution is 2.29. The largest absolute Gasteiger partial charge is 0.392 e. The van der Waals surface area contributed by atoms with Crippen molar-refractivity contribution >= 4 is 0 Å². The molecule has 1 unspecified atom stereocenters. The van der Waals surface area contributed by atoms with Gasteiger partial charge in [0.2, 0.25) is 0 Å². The molecule has 2 heteroatoms. The van der Waals surface area contributed by atoms with Crippen LogP contribution >= 0.6 is 0 Å². The smallest absolute Gasteiger partial charge is 0.0692 e. The lowest BCUT2D eigenvalue weighted by molar-refractivity contribution is 0.0610. The Bertz CT molecular complexity index is 110. The van der Waals surface area contributed by atoms with E-state index < -0.39 is 0 Å². The fraction of sp³-hybridized carbons (Fsp3) is 1.00. The third-order valence-electron chi connectivity index (χ3n) is 2.43. The topological polar surface area (TPSA) is 32.3 Å². The van der Waals surface area contributed by atoms with Crippen LogP contribution in [0.25, 0.3) is 0 Å². The molecular weight excluding hydrogens is 138 g/mol.